The molecule has 8 heteroatoms. The lowest BCUT2D eigenvalue weighted by Gasteiger charge is -2.35. The van der Waals surface area contributed by atoms with Crippen LogP contribution < -0.4 is 5.32 Å². The Bertz CT molecular complexity index is 892. The maximum atomic E-state index is 13.6. The summed E-state index contributed by atoms with van der Waals surface area (Å²) < 4.78 is 31.5. The number of esters is 1. The van der Waals surface area contributed by atoms with Crippen LogP contribution in [0.2, 0.25) is 0 Å². The average molecular weight is 404 g/mol. The second-order valence-electron chi connectivity index (χ2n) is 7.26. The largest absolute Gasteiger partial charge is 0.452 e. The molecule has 0 saturated carbocycles. The van der Waals surface area contributed by atoms with Crippen molar-refractivity contribution in [3.63, 3.8) is 0 Å². The van der Waals surface area contributed by atoms with Crippen LogP contribution in [-0.2, 0) is 14.3 Å². The Kier molecular flexibility index (Phi) is 7.03. The van der Waals surface area contributed by atoms with Crippen LogP contribution in [-0.4, -0.2) is 41.4 Å². The molecule has 0 aliphatic heterocycles. The molecule has 2 rings (SSSR count). The van der Waals surface area contributed by atoms with E-state index in [-0.39, 0.29) is 12.1 Å². The summed E-state index contributed by atoms with van der Waals surface area (Å²) in [7, 11) is 0. The number of amides is 2. The van der Waals surface area contributed by atoms with Gasteiger partial charge in [0.25, 0.3) is 5.91 Å². The third kappa shape index (κ3) is 6.38. The molecule has 154 valence electrons. The van der Waals surface area contributed by atoms with Gasteiger partial charge in [0.15, 0.2) is 6.61 Å². The summed E-state index contributed by atoms with van der Waals surface area (Å²) in [5, 5.41) is 2.57. The summed E-state index contributed by atoms with van der Waals surface area (Å²) >= 11 is 0. The second kappa shape index (κ2) is 9.27. The molecule has 29 heavy (non-hydrogen) atoms. The number of anilines is 1. The van der Waals surface area contributed by atoms with Crippen molar-refractivity contribution in [1.29, 1.82) is 0 Å². The highest BCUT2D eigenvalue weighted by molar-refractivity contribution is 5.96. The Morgan fingerprint density at radius 1 is 1.00 bits per heavy atom. The zero-order valence-corrected chi connectivity index (χ0v) is 16.4. The maximum absolute atomic E-state index is 13.6. The van der Waals surface area contributed by atoms with Gasteiger partial charge >= 0.3 is 5.97 Å². The minimum absolute atomic E-state index is 0.281. The van der Waals surface area contributed by atoms with E-state index >= 15 is 0 Å². The van der Waals surface area contributed by atoms with E-state index < -0.39 is 41.6 Å². The highest BCUT2D eigenvalue weighted by Crippen LogP contribution is 2.15. The van der Waals surface area contributed by atoms with Crippen LogP contribution in [0.3, 0.4) is 0 Å². The Morgan fingerprint density at radius 3 is 2.21 bits per heavy atom. The first-order chi connectivity index (χ1) is 13.6. The van der Waals surface area contributed by atoms with E-state index in [0.717, 1.165) is 6.07 Å². The Hall–Kier alpha value is -3.29. The molecule has 0 atom stereocenters. The zero-order valence-electron chi connectivity index (χ0n) is 16.4. The van der Waals surface area contributed by atoms with Gasteiger partial charge < -0.3 is 15.0 Å². The molecule has 2 amide bonds. The topological polar surface area (TPSA) is 75.7 Å². The van der Waals surface area contributed by atoms with Crippen molar-refractivity contribution >= 4 is 23.5 Å². The molecule has 0 saturated heterocycles. The normalized spacial score (nSPS) is 10.9. The summed E-state index contributed by atoms with van der Waals surface area (Å²) in [6.07, 6.45) is 0. The molecule has 0 radical (unpaired) electrons. The molecular weight excluding hydrogens is 382 g/mol. The predicted octanol–water partition coefficient (Wildman–Crippen LogP) is 3.39. The monoisotopic (exact) mass is 404 g/mol. The third-order valence-corrected chi connectivity index (χ3v) is 3.96. The Labute approximate surface area is 167 Å². The first kappa shape index (κ1) is 22.0. The zero-order chi connectivity index (χ0) is 21.6. The first-order valence-corrected chi connectivity index (χ1v) is 8.85. The van der Waals surface area contributed by atoms with Crippen molar-refractivity contribution < 1.29 is 27.9 Å². The fourth-order valence-corrected chi connectivity index (χ4v) is 2.49. The number of hydrogen-bond donors (Lipinski definition) is 1. The summed E-state index contributed by atoms with van der Waals surface area (Å²) in [6, 6.07) is 10.5. The quantitative estimate of drug-likeness (QED) is 0.749. The van der Waals surface area contributed by atoms with Gasteiger partial charge in [-0.1, -0.05) is 12.1 Å². The van der Waals surface area contributed by atoms with Gasteiger partial charge in [0.2, 0.25) is 5.91 Å². The van der Waals surface area contributed by atoms with Gasteiger partial charge in [-0.05, 0) is 57.2 Å². The number of rotatable bonds is 6. The van der Waals surface area contributed by atoms with E-state index in [9.17, 15) is 23.2 Å². The lowest BCUT2D eigenvalue weighted by molar-refractivity contribution is -0.142. The highest BCUT2D eigenvalue weighted by Gasteiger charge is 2.29. The third-order valence-electron chi connectivity index (χ3n) is 3.96. The number of ether oxygens (including phenoxy) is 1. The number of halogens is 2. The van der Waals surface area contributed by atoms with Crippen molar-refractivity contribution in [2.75, 3.05) is 18.5 Å². The van der Waals surface area contributed by atoms with Gasteiger partial charge in [0.05, 0.1) is 5.56 Å². The molecule has 0 fully saturated rings. The standard InChI is InChI=1S/C21H22F2N2O4/c1-21(2,3)25(12-18(26)24-15-10-8-14(22)9-11-15)19(27)13-29-20(28)16-6-4-5-7-17(16)23/h4-11H,12-13H2,1-3H3,(H,24,26). The van der Waals surface area contributed by atoms with E-state index in [1.54, 1.807) is 20.8 Å². The van der Waals surface area contributed by atoms with Crippen LogP contribution in [0.1, 0.15) is 31.1 Å². The van der Waals surface area contributed by atoms with Crippen LogP contribution in [0.25, 0.3) is 0 Å². The fraction of sp³-hybridized carbons (Fsp3) is 0.286. The highest BCUT2D eigenvalue weighted by atomic mass is 19.1. The minimum Gasteiger partial charge on any atom is -0.452 e. The van der Waals surface area contributed by atoms with Gasteiger partial charge in [-0.2, -0.15) is 0 Å². The summed E-state index contributed by atoms with van der Waals surface area (Å²) in [6.45, 7) is 4.20. The number of benzene rings is 2. The number of nitrogens with one attached hydrogen (secondary N) is 1. The van der Waals surface area contributed by atoms with Gasteiger partial charge in [0.1, 0.15) is 18.2 Å². The van der Waals surface area contributed by atoms with Crippen LogP contribution in [0, 0.1) is 11.6 Å². The fourth-order valence-electron chi connectivity index (χ4n) is 2.49. The average Bonchev–Trinajstić information content (AvgIpc) is 2.65. The summed E-state index contributed by atoms with van der Waals surface area (Å²) in [5.74, 6) is -3.28. The van der Waals surface area contributed by atoms with E-state index in [1.807, 2.05) is 0 Å². The van der Waals surface area contributed by atoms with Gasteiger partial charge in [0, 0.05) is 11.2 Å². The van der Waals surface area contributed by atoms with Gasteiger partial charge in [-0.15, -0.1) is 0 Å². The van der Waals surface area contributed by atoms with Crippen molar-refractivity contribution in [2.24, 2.45) is 0 Å². The number of nitrogens with zero attached hydrogens (tertiary/aromatic N) is 1. The van der Waals surface area contributed by atoms with Crippen molar-refractivity contribution in [3.05, 3.63) is 65.7 Å². The molecular formula is C21H22F2N2O4. The SMILES string of the molecule is CC(C)(C)N(CC(=O)Nc1ccc(F)cc1)C(=O)COC(=O)c1ccccc1F. The molecule has 0 unspecified atom stereocenters. The smallest absolute Gasteiger partial charge is 0.341 e. The molecule has 0 bridgehead atoms. The van der Waals surface area contributed by atoms with Crippen LogP contribution in [0.5, 0.6) is 0 Å². The Balaban J connectivity index is 2.00. The molecule has 2 aromatic carbocycles. The van der Waals surface area contributed by atoms with Crippen LogP contribution in [0.4, 0.5) is 14.5 Å². The number of carbonyl (C=O) groups is 3. The number of hydrogen-bond acceptors (Lipinski definition) is 4. The molecule has 0 aliphatic rings. The Morgan fingerprint density at radius 2 is 1.62 bits per heavy atom. The summed E-state index contributed by atoms with van der Waals surface area (Å²) in [4.78, 5) is 38.1. The van der Waals surface area contributed by atoms with E-state index in [4.69, 9.17) is 4.74 Å². The molecule has 1 N–H and O–H groups in total. The molecule has 0 aromatic heterocycles. The minimum atomic E-state index is -0.971. The van der Waals surface area contributed by atoms with Crippen molar-refractivity contribution in [2.45, 2.75) is 26.3 Å². The van der Waals surface area contributed by atoms with Crippen LogP contribution in [0.15, 0.2) is 48.5 Å². The predicted molar refractivity (Wildman–Crippen MR) is 103 cm³/mol. The molecule has 0 spiro atoms. The van der Waals surface area contributed by atoms with E-state index in [2.05, 4.69) is 5.32 Å². The van der Waals surface area contributed by atoms with Gasteiger partial charge in [-0.3, -0.25) is 9.59 Å². The maximum Gasteiger partial charge on any atom is 0.341 e. The van der Waals surface area contributed by atoms with Gasteiger partial charge in [-0.25, -0.2) is 13.6 Å². The van der Waals surface area contributed by atoms with Crippen LogP contribution >= 0.6 is 0 Å². The van der Waals surface area contributed by atoms with E-state index in [1.165, 1.54) is 47.4 Å². The summed E-state index contributed by atoms with van der Waals surface area (Å²) in [5.41, 5.74) is -0.651. The van der Waals surface area contributed by atoms with Crippen molar-refractivity contribution in [3.8, 4) is 0 Å². The molecule has 0 aliphatic carbocycles. The van der Waals surface area contributed by atoms with Crippen molar-refractivity contribution in [1.82, 2.24) is 4.90 Å². The lowest BCUT2D eigenvalue weighted by Crippen LogP contribution is -2.50. The molecule has 2 aromatic rings. The molecule has 0 heterocycles. The number of carbonyl (C=O) groups excluding carboxylic acids is 3. The lowest BCUT2D eigenvalue weighted by atomic mass is 10.1. The second-order valence-corrected chi connectivity index (χ2v) is 7.26. The van der Waals surface area contributed by atoms with E-state index in [0.29, 0.717) is 5.69 Å². The molecule has 6 nitrogen and oxygen atoms in total. The first-order valence-electron chi connectivity index (χ1n) is 8.85.